The zero-order valence-electron chi connectivity index (χ0n) is 15.0. The highest BCUT2D eigenvalue weighted by atomic mass is 32.2. The number of rotatable bonds is 5. The molecule has 1 unspecified atom stereocenters. The summed E-state index contributed by atoms with van der Waals surface area (Å²) in [7, 11) is 0. The molecule has 0 spiro atoms. The van der Waals surface area contributed by atoms with Crippen LogP contribution in [-0.2, 0) is 0 Å². The van der Waals surface area contributed by atoms with E-state index < -0.39 is 5.60 Å². The maximum atomic E-state index is 10.5. The van der Waals surface area contributed by atoms with Crippen LogP contribution in [0, 0.1) is 0 Å². The lowest BCUT2D eigenvalue weighted by molar-refractivity contribution is 0.0771. The fraction of sp³-hybridized carbons (Fsp3) is 0.632. The minimum absolute atomic E-state index is 0.261. The summed E-state index contributed by atoms with van der Waals surface area (Å²) in [6.07, 6.45) is 3.07. The molecule has 2 N–H and O–H groups in total. The van der Waals surface area contributed by atoms with E-state index in [0.29, 0.717) is 6.54 Å². The molecule has 0 bridgehead atoms. The number of hydrogen-bond acceptors (Lipinski definition) is 4. The molecule has 5 nitrogen and oxygen atoms in total. The van der Waals surface area contributed by atoms with E-state index in [-0.39, 0.29) is 6.10 Å². The number of para-hydroxylation sites is 1. The Labute approximate surface area is 154 Å². The molecular weight excluding hydrogens is 334 g/mol. The summed E-state index contributed by atoms with van der Waals surface area (Å²) in [5.41, 5.74) is -0.625. The SMILES string of the molecule is CCNC(=NCC1(O)CCSC1)N1CCC(Oc2ccccc2)CC1. The lowest BCUT2D eigenvalue weighted by Gasteiger charge is -2.34. The highest BCUT2D eigenvalue weighted by molar-refractivity contribution is 7.99. The van der Waals surface area contributed by atoms with E-state index in [4.69, 9.17) is 9.73 Å². The Morgan fingerprint density at radius 3 is 2.76 bits per heavy atom. The molecule has 0 aliphatic carbocycles. The van der Waals surface area contributed by atoms with Crippen LogP contribution in [0.25, 0.3) is 0 Å². The van der Waals surface area contributed by atoms with Gasteiger partial charge in [0, 0.05) is 38.2 Å². The van der Waals surface area contributed by atoms with Crippen molar-refractivity contribution in [3.63, 3.8) is 0 Å². The Morgan fingerprint density at radius 1 is 1.36 bits per heavy atom. The van der Waals surface area contributed by atoms with Gasteiger partial charge in [-0.25, -0.2) is 0 Å². The summed E-state index contributed by atoms with van der Waals surface area (Å²) >= 11 is 1.81. The fourth-order valence-electron chi connectivity index (χ4n) is 3.25. The molecule has 2 heterocycles. The molecule has 1 atom stereocenters. The molecule has 2 aliphatic rings. The molecule has 0 saturated carbocycles. The van der Waals surface area contributed by atoms with Gasteiger partial charge in [0.1, 0.15) is 11.9 Å². The third-order valence-electron chi connectivity index (χ3n) is 4.73. The summed E-state index contributed by atoms with van der Waals surface area (Å²) in [5.74, 6) is 3.70. The Morgan fingerprint density at radius 2 is 2.12 bits per heavy atom. The molecule has 25 heavy (non-hydrogen) atoms. The van der Waals surface area contributed by atoms with Gasteiger partial charge >= 0.3 is 0 Å². The van der Waals surface area contributed by atoms with E-state index in [1.54, 1.807) is 0 Å². The van der Waals surface area contributed by atoms with Crippen molar-refractivity contribution in [3.8, 4) is 5.75 Å². The molecule has 0 radical (unpaired) electrons. The van der Waals surface area contributed by atoms with Crippen LogP contribution in [0.15, 0.2) is 35.3 Å². The lowest BCUT2D eigenvalue weighted by Crippen LogP contribution is -2.48. The first-order valence-electron chi connectivity index (χ1n) is 9.24. The zero-order chi connectivity index (χ0) is 17.5. The zero-order valence-corrected chi connectivity index (χ0v) is 15.8. The average molecular weight is 364 g/mol. The smallest absolute Gasteiger partial charge is 0.194 e. The van der Waals surface area contributed by atoms with Crippen LogP contribution in [0.3, 0.4) is 0 Å². The van der Waals surface area contributed by atoms with Crippen LogP contribution in [0.1, 0.15) is 26.2 Å². The molecular formula is C19H29N3O2S. The van der Waals surface area contributed by atoms with E-state index in [2.05, 4.69) is 17.1 Å². The topological polar surface area (TPSA) is 57.1 Å². The number of hydrogen-bond donors (Lipinski definition) is 2. The number of nitrogens with zero attached hydrogens (tertiary/aromatic N) is 2. The fourth-order valence-corrected chi connectivity index (χ4v) is 4.53. The predicted octanol–water partition coefficient (Wildman–Crippen LogP) is 2.36. The maximum absolute atomic E-state index is 10.5. The van der Waals surface area contributed by atoms with Crippen LogP contribution in [0.2, 0.25) is 0 Å². The summed E-state index contributed by atoms with van der Waals surface area (Å²) in [5, 5.41) is 13.9. The molecule has 6 heteroatoms. The van der Waals surface area contributed by atoms with Gasteiger partial charge in [0.25, 0.3) is 0 Å². The van der Waals surface area contributed by atoms with Crippen molar-refractivity contribution in [2.24, 2.45) is 4.99 Å². The Balaban J connectivity index is 1.53. The molecule has 2 fully saturated rings. The number of aliphatic hydroxyl groups is 1. The number of benzene rings is 1. The van der Waals surface area contributed by atoms with Crippen molar-refractivity contribution in [1.82, 2.24) is 10.2 Å². The molecule has 1 aromatic carbocycles. The third kappa shape index (κ3) is 5.28. The van der Waals surface area contributed by atoms with Crippen LogP contribution in [0.5, 0.6) is 5.75 Å². The summed E-state index contributed by atoms with van der Waals surface area (Å²) in [6, 6.07) is 10.0. The first-order valence-corrected chi connectivity index (χ1v) is 10.4. The number of nitrogens with one attached hydrogen (secondary N) is 1. The maximum Gasteiger partial charge on any atom is 0.194 e. The van der Waals surface area contributed by atoms with Gasteiger partial charge in [0.15, 0.2) is 5.96 Å². The molecule has 0 aromatic heterocycles. The Hall–Kier alpha value is -1.40. The van der Waals surface area contributed by atoms with E-state index in [0.717, 1.165) is 62.1 Å². The van der Waals surface area contributed by atoms with Gasteiger partial charge in [-0.05, 0) is 31.2 Å². The number of likely N-dealkylation sites (tertiary alicyclic amines) is 1. The largest absolute Gasteiger partial charge is 0.490 e. The van der Waals surface area contributed by atoms with Crippen molar-refractivity contribution < 1.29 is 9.84 Å². The van der Waals surface area contributed by atoms with Crippen molar-refractivity contribution in [3.05, 3.63) is 30.3 Å². The number of thioether (sulfide) groups is 1. The molecule has 1 aromatic rings. The number of ether oxygens (including phenoxy) is 1. The van der Waals surface area contributed by atoms with Gasteiger partial charge in [-0.15, -0.1) is 0 Å². The molecule has 0 amide bonds. The van der Waals surface area contributed by atoms with E-state index >= 15 is 0 Å². The van der Waals surface area contributed by atoms with Crippen LogP contribution in [0.4, 0.5) is 0 Å². The Kier molecular flexibility index (Phi) is 6.48. The van der Waals surface area contributed by atoms with Gasteiger partial charge in [-0.3, -0.25) is 4.99 Å². The second kappa shape index (κ2) is 8.81. The van der Waals surface area contributed by atoms with Gasteiger partial charge in [-0.1, -0.05) is 18.2 Å². The van der Waals surface area contributed by atoms with E-state index in [9.17, 15) is 5.11 Å². The highest BCUT2D eigenvalue weighted by Crippen LogP contribution is 2.28. The number of guanidine groups is 1. The summed E-state index contributed by atoms with van der Waals surface area (Å²) in [4.78, 5) is 7.02. The van der Waals surface area contributed by atoms with E-state index in [1.165, 1.54) is 0 Å². The molecule has 2 saturated heterocycles. The van der Waals surface area contributed by atoms with Crippen molar-refractivity contribution in [2.75, 3.05) is 37.7 Å². The van der Waals surface area contributed by atoms with Gasteiger partial charge < -0.3 is 20.1 Å². The first kappa shape index (κ1) is 18.4. The standard InChI is InChI=1S/C19H29N3O2S/c1-2-20-18(21-14-19(23)10-13-25-15-19)22-11-8-17(9-12-22)24-16-6-4-3-5-7-16/h3-7,17,23H,2,8-15H2,1H3,(H,20,21). The van der Waals surface area contributed by atoms with Gasteiger partial charge in [0.05, 0.1) is 12.1 Å². The van der Waals surface area contributed by atoms with Crippen LogP contribution in [-0.4, -0.2) is 65.4 Å². The summed E-state index contributed by atoms with van der Waals surface area (Å²) in [6.45, 7) is 5.27. The minimum atomic E-state index is -0.625. The monoisotopic (exact) mass is 363 g/mol. The van der Waals surface area contributed by atoms with Crippen molar-refractivity contribution >= 4 is 17.7 Å². The number of piperidine rings is 1. The third-order valence-corrected chi connectivity index (χ3v) is 5.96. The van der Waals surface area contributed by atoms with Crippen molar-refractivity contribution in [2.45, 2.75) is 37.9 Å². The Bertz CT molecular complexity index is 553. The first-order chi connectivity index (χ1) is 12.2. The van der Waals surface area contributed by atoms with E-state index in [1.807, 2.05) is 42.1 Å². The molecule has 138 valence electrons. The lowest BCUT2D eigenvalue weighted by atomic mass is 10.0. The second-order valence-corrected chi connectivity index (χ2v) is 7.92. The summed E-state index contributed by atoms with van der Waals surface area (Å²) < 4.78 is 6.07. The van der Waals surface area contributed by atoms with Crippen LogP contribution < -0.4 is 10.1 Å². The minimum Gasteiger partial charge on any atom is -0.490 e. The molecule has 2 aliphatic heterocycles. The quantitative estimate of drug-likeness (QED) is 0.621. The van der Waals surface area contributed by atoms with Crippen LogP contribution >= 0.6 is 11.8 Å². The second-order valence-electron chi connectivity index (χ2n) is 6.81. The molecule has 3 rings (SSSR count). The van der Waals surface area contributed by atoms with Gasteiger partial charge in [0.2, 0.25) is 0 Å². The normalized spacial score (nSPS) is 25.2. The van der Waals surface area contributed by atoms with Crippen molar-refractivity contribution in [1.29, 1.82) is 0 Å². The predicted molar refractivity (Wildman–Crippen MR) is 105 cm³/mol. The van der Waals surface area contributed by atoms with Gasteiger partial charge in [-0.2, -0.15) is 11.8 Å². The average Bonchev–Trinajstić information content (AvgIpc) is 3.07. The number of aliphatic imine (C=N–C) groups is 1. The highest BCUT2D eigenvalue weighted by Gasteiger charge is 2.32.